The van der Waals surface area contributed by atoms with E-state index in [1.807, 2.05) is 0 Å². The van der Waals surface area contributed by atoms with Crippen LogP contribution in [0.2, 0.25) is 10.0 Å². The molecule has 1 aromatic carbocycles. The van der Waals surface area contributed by atoms with Crippen LogP contribution in [-0.2, 0) is 6.18 Å². The molecule has 2 rings (SSSR count). The molecule has 0 amide bonds. The number of halogens is 5. The predicted molar refractivity (Wildman–Crippen MR) is 70.1 cm³/mol. The third-order valence-electron chi connectivity index (χ3n) is 2.55. The highest BCUT2D eigenvalue weighted by molar-refractivity contribution is 6.35. The number of nitrogens with zero attached hydrogens (tertiary/aromatic N) is 1. The van der Waals surface area contributed by atoms with Gasteiger partial charge in [0.05, 0.1) is 16.3 Å². The Labute approximate surface area is 122 Å². The Morgan fingerprint density at radius 3 is 2.45 bits per heavy atom. The summed E-state index contributed by atoms with van der Waals surface area (Å²) < 4.78 is 37.7. The number of carbonyl (C=O) groups excluding carboxylic acids is 1. The lowest BCUT2D eigenvalue weighted by Crippen LogP contribution is -2.07. The second kappa shape index (κ2) is 5.42. The van der Waals surface area contributed by atoms with Crippen molar-refractivity contribution in [3.05, 3.63) is 51.6 Å². The maximum absolute atomic E-state index is 12.6. The van der Waals surface area contributed by atoms with Gasteiger partial charge in [0, 0.05) is 22.3 Å². The van der Waals surface area contributed by atoms with Crippen molar-refractivity contribution >= 4 is 29.5 Å². The second-order valence-electron chi connectivity index (χ2n) is 3.90. The van der Waals surface area contributed by atoms with Crippen LogP contribution in [0, 0.1) is 0 Å². The van der Waals surface area contributed by atoms with E-state index in [0.29, 0.717) is 23.1 Å². The lowest BCUT2D eigenvalue weighted by Gasteiger charge is -2.11. The molecule has 0 aliphatic carbocycles. The van der Waals surface area contributed by atoms with Crippen LogP contribution in [0.3, 0.4) is 0 Å². The molecule has 0 bridgehead atoms. The van der Waals surface area contributed by atoms with Crippen molar-refractivity contribution in [2.45, 2.75) is 6.18 Å². The Morgan fingerprint density at radius 1 is 1.15 bits per heavy atom. The van der Waals surface area contributed by atoms with Gasteiger partial charge in [-0.15, -0.1) is 0 Å². The molecule has 0 N–H and O–H groups in total. The normalized spacial score (nSPS) is 11.4. The monoisotopic (exact) mass is 319 g/mol. The van der Waals surface area contributed by atoms with E-state index in [2.05, 4.69) is 4.98 Å². The summed E-state index contributed by atoms with van der Waals surface area (Å²) in [5.41, 5.74) is -0.846. The summed E-state index contributed by atoms with van der Waals surface area (Å²) in [6.45, 7) is 0. The van der Waals surface area contributed by atoms with Crippen molar-refractivity contribution in [3.63, 3.8) is 0 Å². The van der Waals surface area contributed by atoms with Crippen molar-refractivity contribution in [1.29, 1.82) is 0 Å². The SMILES string of the molecule is O=Cc1cc(C(F)(F)F)cnc1-c1cc(Cl)ccc1Cl. The van der Waals surface area contributed by atoms with E-state index in [-0.39, 0.29) is 16.3 Å². The summed E-state index contributed by atoms with van der Waals surface area (Å²) in [5.74, 6) is 0. The molecule has 104 valence electrons. The topological polar surface area (TPSA) is 30.0 Å². The molecule has 0 spiro atoms. The zero-order chi connectivity index (χ0) is 14.9. The van der Waals surface area contributed by atoms with Gasteiger partial charge in [-0.05, 0) is 24.3 Å². The van der Waals surface area contributed by atoms with Crippen LogP contribution >= 0.6 is 23.2 Å². The first-order valence-corrected chi connectivity index (χ1v) is 6.06. The highest BCUT2D eigenvalue weighted by atomic mass is 35.5. The highest BCUT2D eigenvalue weighted by Gasteiger charge is 2.31. The molecule has 0 aliphatic heterocycles. The van der Waals surface area contributed by atoms with E-state index in [1.54, 1.807) is 0 Å². The van der Waals surface area contributed by atoms with E-state index in [9.17, 15) is 18.0 Å². The molecule has 1 aromatic heterocycles. The zero-order valence-corrected chi connectivity index (χ0v) is 11.2. The molecule has 0 saturated carbocycles. The number of benzene rings is 1. The van der Waals surface area contributed by atoms with E-state index in [1.165, 1.54) is 18.2 Å². The van der Waals surface area contributed by atoms with Gasteiger partial charge in [0.25, 0.3) is 0 Å². The van der Waals surface area contributed by atoms with Gasteiger partial charge in [-0.3, -0.25) is 9.78 Å². The molecular weight excluding hydrogens is 314 g/mol. The van der Waals surface area contributed by atoms with Crippen LogP contribution in [0.5, 0.6) is 0 Å². The number of hydrogen-bond acceptors (Lipinski definition) is 2. The molecule has 2 nitrogen and oxygen atoms in total. The first-order valence-electron chi connectivity index (χ1n) is 5.31. The fourth-order valence-electron chi connectivity index (χ4n) is 1.63. The number of carbonyl (C=O) groups is 1. The minimum absolute atomic E-state index is 0.0560. The Kier molecular flexibility index (Phi) is 4.01. The number of aromatic nitrogens is 1. The van der Waals surface area contributed by atoms with Crippen molar-refractivity contribution < 1.29 is 18.0 Å². The molecule has 0 fully saturated rings. The van der Waals surface area contributed by atoms with Crippen LogP contribution in [-0.4, -0.2) is 11.3 Å². The van der Waals surface area contributed by atoms with Gasteiger partial charge in [0.15, 0.2) is 6.29 Å². The Hall–Kier alpha value is -1.59. The van der Waals surface area contributed by atoms with Crippen LogP contribution in [0.25, 0.3) is 11.3 Å². The second-order valence-corrected chi connectivity index (χ2v) is 4.75. The molecule has 7 heteroatoms. The minimum Gasteiger partial charge on any atom is -0.298 e. The van der Waals surface area contributed by atoms with Gasteiger partial charge >= 0.3 is 6.18 Å². The van der Waals surface area contributed by atoms with Crippen LogP contribution in [0.4, 0.5) is 13.2 Å². The van der Waals surface area contributed by atoms with E-state index >= 15 is 0 Å². The predicted octanol–water partition coefficient (Wildman–Crippen LogP) is 4.89. The molecule has 20 heavy (non-hydrogen) atoms. The zero-order valence-electron chi connectivity index (χ0n) is 9.71. The fraction of sp³-hybridized carbons (Fsp3) is 0.0769. The van der Waals surface area contributed by atoms with Gasteiger partial charge in [-0.1, -0.05) is 23.2 Å². The molecule has 1 heterocycles. The smallest absolute Gasteiger partial charge is 0.298 e. The quantitative estimate of drug-likeness (QED) is 0.738. The summed E-state index contributed by atoms with van der Waals surface area (Å²) in [6.07, 6.45) is -3.62. The first kappa shape index (κ1) is 14.8. The average molecular weight is 320 g/mol. The molecular formula is C13H6Cl2F3NO. The molecule has 0 saturated heterocycles. The fourth-order valence-corrected chi connectivity index (χ4v) is 2.01. The van der Waals surface area contributed by atoms with Gasteiger partial charge in [0.2, 0.25) is 0 Å². The third kappa shape index (κ3) is 2.94. The molecule has 0 unspecified atom stereocenters. The lowest BCUT2D eigenvalue weighted by atomic mass is 10.0. The van der Waals surface area contributed by atoms with Crippen molar-refractivity contribution in [2.24, 2.45) is 0 Å². The summed E-state index contributed by atoms with van der Waals surface area (Å²) in [7, 11) is 0. The summed E-state index contributed by atoms with van der Waals surface area (Å²) >= 11 is 11.8. The lowest BCUT2D eigenvalue weighted by molar-refractivity contribution is -0.137. The van der Waals surface area contributed by atoms with Crippen LogP contribution < -0.4 is 0 Å². The average Bonchev–Trinajstić information content (AvgIpc) is 2.40. The number of hydrogen-bond donors (Lipinski definition) is 0. The highest BCUT2D eigenvalue weighted by Crippen LogP contribution is 2.34. The summed E-state index contributed by atoms with van der Waals surface area (Å²) in [5, 5.41) is 0.577. The number of pyridine rings is 1. The number of rotatable bonds is 2. The summed E-state index contributed by atoms with van der Waals surface area (Å²) in [4.78, 5) is 14.7. The van der Waals surface area contributed by atoms with Gasteiger partial charge < -0.3 is 0 Å². The van der Waals surface area contributed by atoms with Crippen molar-refractivity contribution in [2.75, 3.05) is 0 Å². The standard InChI is InChI=1S/C13H6Cl2F3NO/c14-9-1-2-11(15)10(4-9)12-7(6-20)3-8(5-19-12)13(16,17)18/h1-6H. The Balaban J connectivity index is 2.63. The molecule has 0 radical (unpaired) electrons. The van der Waals surface area contributed by atoms with Crippen LogP contribution in [0.1, 0.15) is 15.9 Å². The molecule has 0 atom stereocenters. The molecule has 0 aliphatic rings. The maximum atomic E-state index is 12.6. The van der Waals surface area contributed by atoms with Gasteiger partial charge in [-0.25, -0.2) is 0 Å². The van der Waals surface area contributed by atoms with E-state index in [0.717, 1.165) is 6.07 Å². The minimum atomic E-state index is -4.57. The Bertz CT molecular complexity index is 671. The van der Waals surface area contributed by atoms with E-state index < -0.39 is 11.7 Å². The maximum Gasteiger partial charge on any atom is 0.417 e. The first-order chi connectivity index (χ1) is 9.32. The number of alkyl halides is 3. The third-order valence-corrected chi connectivity index (χ3v) is 3.12. The van der Waals surface area contributed by atoms with Gasteiger partial charge in [-0.2, -0.15) is 13.2 Å². The largest absolute Gasteiger partial charge is 0.417 e. The molecule has 2 aromatic rings. The van der Waals surface area contributed by atoms with Crippen molar-refractivity contribution in [3.8, 4) is 11.3 Å². The van der Waals surface area contributed by atoms with Gasteiger partial charge in [0.1, 0.15) is 0 Å². The van der Waals surface area contributed by atoms with Crippen LogP contribution in [0.15, 0.2) is 30.5 Å². The van der Waals surface area contributed by atoms with Crippen molar-refractivity contribution in [1.82, 2.24) is 4.98 Å². The summed E-state index contributed by atoms with van der Waals surface area (Å²) in [6, 6.07) is 5.17. The van der Waals surface area contributed by atoms with E-state index in [4.69, 9.17) is 23.2 Å². The Morgan fingerprint density at radius 2 is 1.85 bits per heavy atom. The number of aldehydes is 1.